The molecule has 29 heavy (non-hydrogen) atoms. The van der Waals surface area contributed by atoms with Crippen molar-refractivity contribution in [1.29, 1.82) is 0 Å². The second-order valence-electron chi connectivity index (χ2n) is 8.82. The van der Waals surface area contributed by atoms with Crippen LogP contribution in [-0.2, 0) is 0 Å². The first-order chi connectivity index (χ1) is 14.1. The van der Waals surface area contributed by atoms with Gasteiger partial charge in [-0.2, -0.15) is 0 Å². The van der Waals surface area contributed by atoms with Gasteiger partial charge in [0, 0.05) is 0 Å². The number of hydrogen-bond acceptors (Lipinski definition) is 1. The van der Waals surface area contributed by atoms with E-state index < -0.39 is 0 Å². The highest BCUT2D eigenvalue weighted by Crippen LogP contribution is 2.38. The van der Waals surface area contributed by atoms with E-state index in [0.717, 1.165) is 23.5 Å². The molecule has 1 aliphatic carbocycles. The number of hydrogen-bond donors (Lipinski definition) is 0. The van der Waals surface area contributed by atoms with E-state index in [9.17, 15) is 4.39 Å². The van der Waals surface area contributed by atoms with Crippen molar-refractivity contribution in [3.63, 3.8) is 0 Å². The Morgan fingerprint density at radius 3 is 2.24 bits per heavy atom. The summed E-state index contributed by atoms with van der Waals surface area (Å²) in [5, 5.41) is 0. The molecule has 0 saturated heterocycles. The lowest BCUT2D eigenvalue weighted by Crippen LogP contribution is -2.13. The standard InChI is InChI=1S/C27H37FO/c1-4-6-7-8-21-9-11-22(12-10-21)23-13-15-24(16-14-23)25-17-18-27(26(28)19-25)29-20(3)5-2/h13-22H,4-12H2,1-3H3. The Morgan fingerprint density at radius 2 is 1.62 bits per heavy atom. The third-order valence-electron chi connectivity index (χ3n) is 6.61. The van der Waals surface area contributed by atoms with Gasteiger partial charge in [-0.25, -0.2) is 4.39 Å². The zero-order valence-electron chi connectivity index (χ0n) is 18.4. The van der Waals surface area contributed by atoms with Gasteiger partial charge in [0.05, 0.1) is 6.10 Å². The van der Waals surface area contributed by atoms with Crippen molar-refractivity contribution in [2.75, 3.05) is 0 Å². The molecule has 0 aromatic heterocycles. The fourth-order valence-electron chi connectivity index (χ4n) is 4.49. The average molecular weight is 397 g/mol. The van der Waals surface area contributed by atoms with Crippen LogP contribution in [0, 0.1) is 11.7 Å². The first kappa shape index (κ1) is 21.9. The lowest BCUT2D eigenvalue weighted by atomic mass is 9.77. The molecule has 0 spiro atoms. The SMILES string of the molecule is CCCCCC1CCC(c2ccc(-c3ccc(OC(C)CC)c(F)c3)cc2)CC1. The molecule has 158 valence electrons. The Balaban J connectivity index is 1.58. The zero-order chi connectivity index (χ0) is 20.6. The Kier molecular flexibility index (Phi) is 8.15. The van der Waals surface area contributed by atoms with E-state index in [2.05, 4.69) is 31.2 Å². The predicted octanol–water partition coefficient (Wildman–Crippen LogP) is 8.52. The molecular formula is C27H37FO. The van der Waals surface area contributed by atoms with E-state index in [1.807, 2.05) is 19.9 Å². The number of halogens is 1. The van der Waals surface area contributed by atoms with Crippen molar-refractivity contribution < 1.29 is 9.13 Å². The second kappa shape index (κ2) is 10.8. The monoisotopic (exact) mass is 396 g/mol. The molecule has 0 amide bonds. The summed E-state index contributed by atoms with van der Waals surface area (Å²) in [5.74, 6) is 1.69. The molecule has 1 unspecified atom stereocenters. The van der Waals surface area contributed by atoms with Crippen molar-refractivity contribution in [2.24, 2.45) is 5.92 Å². The molecule has 1 aliphatic rings. The van der Waals surface area contributed by atoms with Gasteiger partial charge in [0.2, 0.25) is 0 Å². The number of ether oxygens (including phenoxy) is 1. The van der Waals surface area contributed by atoms with Crippen LogP contribution in [0.4, 0.5) is 4.39 Å². The highest BCUT2D eigenvalue weighted by atomic mass is 19.1. The van der Waals surface area contributed by atoms with Gasteiger partial charge in [0.15, 0.2) is 11.6 Å². The maximum atomic E-state index is 14.4. The van der Waals surface area contributed by atoms with Gasteiger partial charge in [-0.3, -0.25) is 0 Å². The van der Waals surface area contributed by atoms with Gasteiger partial charge in [-0.15, -0.1) is 0 Å². The maximum absolute atomic E-state index is 14.4. The van der Waals surface area contributed by atoms with Crippen LogP contribution >= 0.6 is 0 Å². The van der Waals surface area contributed by atoms with Gasteiger partial charge in [0.25, 0.3) is 0 Å². The fraction of sp³-hybridized carbons (Fsp3) is 0.556. The molecule has 0 heterocycles. The molecule has 1 saturated carbocycles. The summed E-state index contributed by atoms with van der Waals surface area (Å²) in [6.45, 7) is 6.28. The minimum Gasteiger partial charge on any atom is -0.488 e. The molecule has 2 aromatic rings. The number of benzene rings is 2. The molecule has 0 N–H and O–H groups in total. The van der Waals surface area contributed by atoms with E-state index >= 15 is 0 Å². The smallest absolute Gasteiger partial charge is 0.165 e. The van der Waals surface area contributed by atoms with E-state index in [1.54, 1.807) is 12.1 Å². The third-order valence-corrected chi connectivity index (χ3v) is 6.61. The highest BCUT2D eigenvalue weighted by molar-refractivity contribution is 5.64. The first-order valence-corrected chi connectivity index (χ1v) is 11.7. The Bertz CT molecular complexity index is 744. The lowest BCUT2D eigenvalue weighted by molar-refractivity contribution is 0.208. The van der Waals surface area contributed by atoms with Gasteiger partial charge in [-0.1, -0.05) is 69.9 Å². The quantitative estimate of drug-likeness (QED) is 0.386. The molecule has 2 aromatic carbocycles. The Hall–Kier alpha value is -1.83. The van der Waals surface area contributed by atoms with E-state index in [4.69, 9.17) is 4.74 Å². The summed E-state index contributed by atoms with van der Waals surface area (Å²) in [4.78, 5) is 0. The number of unbranched alkanes of at least 4 members (excludes halogenated alkanes) is 2. The summed E-state index contributed by atoms with van der Waals surface area (Å²) in [6, 6.07) is 14.1. The first-order valence-electron chi connectivity index (χ1n) is 11.7. The zero-order valence-corrected chi connectivity index (χ0v) is 18.4. The predicted molar refractivity (Wildman–Crippen MR) is 121 cm³/mol. The largest absolute Gasteiger partial charge is 0.488 e. The molecule has 1 fully saturated rings. The summed E-state index contributed by atoms with van der Waals surface area (Å²) in [7, 11) is 0. The topological polar surface area (TPSA) is 9.23 Å². The number of rotatable bonds is 9. The highest BCUT2D eigenvalue weighted by Gasteiger charge is 2.22. The van der Waals surface area contributed by atoms with Gasteiger partial charge in [-0.05, 0) is 79.7 Å². The summed E-state index contributed by atoms with van der Waals surface area (Å²) in [5.41, 5.74) is 3.42. The lowest BCUT2D eigenvalue weighted by Gasteiger charge is -2.29. The molecule has 0 aliphatic heterocycles. The average Bonchev–Trinajstić information content (AvgIpc) is 2.76. The van der Waals surface area contributed by atoms with Crippen LogP contribution in [-0.4, -0.2) is 6.10 Å². The summed E-state index contributed by atoms with van der Waals surface area (Å²) < 4.78 is 20.1. The summed E-state index contributed by atoms with van der Waals surface area (Å²) >= 11 is 0. The van der Waals surface area contributed by atoms with Crippen LogP contribution in [0.3, 0.4) is 0 Å². The molecular weight excluding hydrogens is 359 g/mol. The van der Waals surface area contributed by atoms with Crippen LogP contribution in [0.1, 0.15) is 90.0 Å². The van der Waals surface area contributed by atoms with Gasteiger partial charge >= 0.3 is 0 Å². The normalized spacial score (nSPS) is 20.4. The summed E-state index contributed by atoms with van der Waals surface area (Å²) in [6.07, 6.45) is 11.8. The van der Waals surface area contributed by atoms with Crippen LogP contribution in [0.5, 0.6) is 5.75 Å². The van der Waals surface area contributed by atoms with Crippen molar-refractivity contribution in [1.82, 2.24) is 0 Å². The van der Waals surface area contributed by atoms with Crippen LogP contribution in [0.2, 0.25) is 0 Å². The Labute approximate surface area is 176 Å². The molecule has 2 heteroatoms. The van der Waals surface area contributed by atoms with Crippen molar-refractivity contribution in [3.05, 3.63) is 53.8 Å². The molecule has 1 nitrogen and oxygen atoms in total. The van der Waals surface area contributed by atoms with E-state index in [1.165, 1.54) is 56.9 Å². The van der Waals surface area contributed by atoms with E-state index in [0.29, 0.717) is 11.7 Å². The minimum absolute atomic E-state index is 0.0244. The van der Waals surface area contributed by atoms with Crippen LogP contribution < -0.4 is 4.74 Å². The van der Waals surface area contributed by atoms with Gasteiger partial charge in [0.1, 0.15) is 0 Å². The van der Waals surface area contributed by atoms with Crippen LogP contribution in [0.15, 0.2) is 42.5 Å². The molecule has 3 rings (SSSR count). The van der Waals surface area contributed by atoms with Crippen LogP contribution in [0.25, 0.3) is 11.1 Å². The maximum Gasteiger partial charge on any atom is 0.165 e. The molecule has 0 bridgehead atoms. The minimum atomic E-state index is -0.284. The van der Waals surface area contributed by atoms with E-state index in [-0.39, 0.29) is 11.9 Å². The van der Waals surface area contributed by atoms with Crippen molar-refractivity contribution >= 4 is 0 Å². The third kappa shape index (κ3) is 6.07. The molecule has 0 radical (unpaired) electrons. The fourth-order valence-corrected chi connectivity index (χ4v) is 4.49. The molecule has 1 atom stereocenters. The van der Waals surface area contributed by atoms with Crippen molar-refractivity contribution in [2.45, 2.75) is 90.6 Å². The Morgan fingerprint density at radius 1 is 0.931 bits per heavy atom. The van der Waals surface area contributed by atoms with Crippen molar-refractivity contribution in [3.8, 4) is 16.9 Å². The second-order valence-corrected chi connectivity index (χ2v) is 8.82. The van der Waals surface area contributed by atoms with Gasteiger partial charge < -0.3 is 4.74 Å².